The Morgan fingerprint density at radius 1 is 0.900 bits per heavy atom. The van der Waals surface area contributed by atoms with E-state index in [9.17, 15) is 0 Å². The topological polar surface area (TPSA) is 22.0 Å². The number of hydrogen-bond acceptors (Lipinski definition) is 1. The van der Waals surface area contributed by atoms with Gasteiger partial charge in [-0.05, 0) is 24.3 Å². The molecule has 1 saturated heterocycles. The van der Waals surface area contributed by atoms with Crippen LogP contribution in [0.5, 0.6) is 0 Å². The number of halogens is 1. The van der Waals surface area contributed by atoms with Gasteiger partial charge in [-0.25, -0.2) is 0 Å². The largest absolute Gasteiger partial charge is 0.463 e. The molecular weight excluding hydrogens is 272 g/mol. The van der Waals surface area contributed by atoms with Gasteiger partial charge in [-0.2, -0.15) is 0 Å². The van der Waals surface area contributed by atoms with Gasteiger partial charge in [-0.3, -0.25) is 0 Å². The molecule has 0 aliphatic carbocycles. The van der Waals surface area contributed by atoms with Crippen molar-refractivity contribution in [3.8, 4) is 0 Å². The first-order chi connectivity index (χ1) is 9.79. The average Bonchev–Trinajstić information content (AvgIpc) is 2.96. The van der Waals surface area contributed by atoms with Gasteiger partial charge in [0.25, 0.3) is 0 Å². The Morgan fingerprint density at radius 2 is 1.55 bits per heavy atom. The van der Waals surface area contributed by atoms with Crippen LogP contribution in [0.4, 0.5) is 0 Å². The monoisotopic (exact) mass is 292 g/mol. The molecule has 2 heterocycles. The summed E-state index contributed by atoms with van der Waals surface area (Å²) in [5.41, 5.74) is 1.37. The Hall–Kier alpha value is -1.29. The first-order valence-electron chi connectivity index (χ1n) is 7.23. The molecule has 0 radical (unpaired) electrons. The highest BCUT2D eigenvalue weighted by molar-refractivity contribution is 6.30. The van der Waals surface area contributed by atoms with Crippen molar-refractivity contribution < 1.29 is 14.2 Å². The number of hydrogen-bond donors (Lipinski definition) is 2. The molecular formula is C16H21ClN2O+2. The molecule has 1 aromatic heterocycles. The first kappa shape index (κ1) is 13.7. The number of quaternary nitrogens is 2. The maximum atomic E-state index is 5.92. The second kappa shape index (κ2) is 6.44. The third kappa shape index (κ3) is 3.63. The maximum absolute atomic E-state index is 5.92. The molecule has 1 aliphatic heterocycles. The average molecular weight is 293 g/mol. The molecule has 0 unspecified atom stereocenters. The Morgan fingerprint density at radius 3 is 2.15 bits per heavy atom. The summed E-state index contributed by atoms with van der Waals surface area (Å²) < 4.78 is 5.43. The van der Waals surface area contributed by atoms with Crippen LogP contribution in [0, 0.1) is 0 Å². The van der Waals surface area contributed by atoms with Crippen LogP contribution in [-0.2, 0) is 13.1 Å². The van der Waals surface area contributed by atoms with E-state index in [0.717, 1.165) is 23.9 Å². The Bertz CT molecular complexity index is 516. The predicted octanol–water partition coefficient (Wildman–Crippen LogP) is 0.417. The quantitative estimate of drug-likeness (QED) is 0.838. The summed E-state index contributed by atoms with van der Waals surface area (Å²) in [6.45, 7) is 6.98. The van der Waals surface area contributed by atoms with Gasteiger partial charge in [0.15, 0.2) is 5.76 Å². The van der Waals surface area contributed by atoms with Crippen LogP contribution in [0.25, 0.3) is 0 Å². The minimum Gasteiger partial charge on any atom is -0.463 e. The third-order valence-electron chi connectivity index (χ3n) is 4.04. The van der Waals surface area contributed by atoms with Crippen LogP contribution in [-0.4, -0.2) is 26.2 Å². The summed E-state index contributed by atoms with van der Waals surface area (Å²) in [6, 6.07) is 12.3. The number of piperazine rings is 1. The van der Waals surface area contributed by atoms with E-state index in [1.54, 1.807) is 16.1 Å². The summed E-state index contributed by atoms with van der Waals surface area (Å²) in [7, 11) is 0. The summed E-state index contributed by atoms with van der Waals surface area (Å²) in [5.74, 6) is 1.10. The smallest absolute Gasteiger partial charge is 0.157 e. The summed E-state index contributed by atoms with van der Waals surface area (Å²) in [4.78, 5) is 3.29. The minimum absolute atomic E-state index is 0.816. The van der Waals surface area contributed by atoms with E-state index < -0.39 is 0 Å². The molecule has 2 N–H and O–H groups in total. The Kier molecular flexibility index (Phi) is 4.41. The SMILES string of the molecule is Clc1ccc(C[NH+]2CC[NH+](Cc3ccco3)CC2)cc1. The van der Waals surface area contributed by atoms with E-state index in [1.807, 2.05) is 18.2 Å². The Labute approximate surface area is 124 Å². The molecule has 0 saturated carbocycles. The van der Waals surface area contributed by atoms with Gasteiger partial charge < -0.3 is 14.2 Å². The molecule has 1 fully saturated rings. The van der Waals surface area contributed by atoms with E-state index in [4.69, 9.17) is 16.0 Å². The minimum atomic E-state index is 0.816. The van der Waals surface area contributed by atoms with Crippen LogP contribution in [0.1, 0.15) is 11.3 Å². The van der Waals surface area contributed by atoms with Gasteiger partial charge in [0.1, 0.15) is 39.3 Å². The predicted molar refractivity (Wildman–Crippen MR) is 79.0 cm³/mol. The molecule has 0 amide bonds. The van der Waals surface area contributed by atoms with E-state index >= 15 is 0 Å². The lowest BCUT2D eigenvalue weighted by molar-refractivity contribution is -1.02. The van der Waals surface area contributed by atoms with Crippen molar-refractivity contribution in [2.24, 2.45) is 0 Å². The molecule has 2 aromatic rings. The molecule has 0 bridgehead atoms. The zero-order valence-electron chi connectivity index (χ0n) is 11.6. The highest BCUT2D eigenvalue weighted by Crippen LogP contribution is 2.08. The van der Waals surface area contributed by atoms with E-state index in [0.29, 0.717) is 0 Å². The van der Waals surface area contributed by atoms with Crippen molar-refractivity contribution in [2.75, 3.05) is 26.2 Å². The summed E-state index contributed by atoms with van der Waals surface area (Å²) in [6.07, 6.45) is 1.76. The van der Waals surface area contributed by atoms with E-state index in [-0.39, 0.29) is 0 Å². The number of nitrogens with one attached hydrogen (secondary N) is 2. The van der Waals surface area contributed by atoms with Crippen molar-refractivity contribution in [1.29, 1.82) is 0 Å². The zero-order valence-corrected chi connectivity index (χ0v) is 12.3. The number of rotatable bonds is 4. The van der Waals surface area contributed by atoms with Gasteiger partial charge in [0, 0.05) is 10.6 Å². The summed E-state index contributed by atoms with van der Waals surface area (Å²) >= 11 is 5.92. The third-order valence-corrected chi connectivity index (χ3v) is 4.29. The van der Waals surface area contributed by atoms with Crippen LogP contribution in [0.15, 0.2) is 47.1 Å². The second-order valence-electron chi connectivity index (χ2n) is 5.56. The zero-order chi connectivity index (χ0) is 13.8. The van der Waals surface area contributed by atoms with Gasteiger partial charge in [0.2, 0.25) is 0 Å². The molecule has 106 valence electrons. The van der Waals surface area contributed by atoms with Crippen molar-refractivity contribution in [3.63, 3.8) is 0 Å². The van der Waals surface area contributed by atoms with Crippen LogP contribution < -0.4 is 9.80 Å². The fraction of sp³-hybridized carbons (Fsp3) is 0.375. The lowest BCUT2D eigenvalue weighted by Gasteiger charge is -2.29. The lowest BCUT2D eigenvalue weighted by Crippen LogP contribution is -3.27. The lowest BCUT2D eigenvalue weighted by atomic mass is 10.2. The standard InChI is InChI=1S/C16H19ClN2O/c17-15-5-3-14(4-6-15)12-18-7-9-19(10-8-18)13-16-2-1-11-20-16/h1-6,11H,7-10,12-13H2/p+2. The molecule has 1 aliphatic rings. The molecule has 3 nitrogen and oxygen atoms in total. The van der Waals surface area contributed by atoms with Crippen molar-refractivity contribution in [2.45, 2.75) is 13.1 Å². The van der Waals surface area contributed by atoms with Crippen molar-refractivity contribution in [1.82, 2.24) is 0 Å². The maximum Gasteiger partial charge on any atom is 0.157 e. The first-order valence-corrected chi connectivity index (χ1v) is 7.61. The van der Waals surface area contributed by atoms with Crippen LogP contribution in [0.3, 0.4) is 0 Å². The van der Waals surface area contributed by atoms with Crippen LogP contribution >= 0.6 is 11.6 Å². The van der Waals surface area contributed by atoms with E-state index in [2.05, 4.69) is 18.2 Å². The van der Waals surface area contributed by atoms with Crippen molar-refractivity contribution >= 4 is 11.6 Å². The van der Waals surface area contributed by atoms with Crippen LogP contribution in [0.2, 0.25) is 5.02 Å². The fourth-order valence-electron chi connectivity index (χ4n) is 2.86. The highest BCUT2D eigenvalue weighted by atomic mass is 35.5. The molecule has 0 atom stereocenters. The van der Waals surface area contributed by atoms with Gasteiger partial charge in [0.05, 0.1) is 6.26 Å². The molecule has 0 spiro atoms. The second-order valence-corrected chi connectivity index (χ2v) is 6.00. The van der Waals surface area contributed by atoms with E-state index in [1.165, 1.54) is 31.7 Å². The molecule has 4 heteroatoms. The van der Waals surface area contributed by atoms with Gasteiger partial charge >= 0.3 is 0 Å². The molecule has 1 aromatic carbocycles. The fourth-order valence-corrected chi connectivity index (χ4v) is 2.99. The number of benzene rings is 1. The number of furan rings is 1. The normalized spacial score (nSPS) is 22.9. The molecule has 20 heavy (non-hydrogen) atoms. The molecule has 3 rings (SSSR count). The summed E-state index contributed by atoms with van der Waals surface area (Å²) in [5, 5.41) is 0.816. The Balaban J connectivity index is 1.47. The van der Waals surface area contributed by atoms with Gasteiger partial charge in [-0.1, -0.05) is 23.7 Å². The van der Waals surface area contributed by atoms with Gasteiger partial charge in [-0.15, -0.1) is 0 Å². The highest BCUT2D eigenvalue weighted by Gasteiger charge is 2.23. The van der Waals surface area contributed by atoms with Crippen molar-refractivity contribution in [3.05, 3.63) is 59.0 Å².